The van der Waals surface area contributed by atoms with Crippen LogP contribution in [-0.4, -0.2) is 17.6 Å². The van der Waals surface area contributed by atoms with Gasteiger partial charge in [-0.3, -0.25) is 9.59 Å². The van der Waals surface area contributed by atoms with Crippen molar-refractivity contribution in [2.24, 2.45) is 0 Å². The van der Waals surface area contributed by atoms with E-state index in [1.165, 1.54) is 30.8 Å². The minimum atomic E-state index is -0.286. The molecule has 0 radical (unpaired) electrons. The van der Waals surface area contributed by atoms with Gasteiger partial charge in [-0.2, -0.15) is 0 Å². The van der Waals surface area contributed by atoms with E-state index in [2.05, 4.69) is 10.6 Å². The zero-order valence-corrected chi connectivity index (χ0v) is 14.5. The van der Waals surface area contributed by atoms with Gasteiger partial charge < -0.3 is 10.6 Å². The normalized spacial score (nSPS) is 10.3. The van der Waals surface area contributed by atoms with Crippen LogP contribution in [0.4, 0.5) is 15.8 Å². The Morgan fingerprint density at radius 3 is 2.50 bits per heavy atom. The van der Waals surface area contributed by atoms with E-state index >= 15 is 0 Å². The van der Waals surface area contributed by atoms with E-state index in [4.69, 9.17) is 11.6 Å². The largest absolute Gasteiger partial charge is 0.326 e. The van der Waals surface area contributed by atoms with Crippen LogP contribution in [0.1, 0.15) is 13.3 Å². The molecule has 0 heterocycles. The fourth-order valence-corrected chi connectivity index (χ4v) is 2.92. The van der Waals surface area contributed by atoms with Crippen LogP contribution < -0.4 is 10.6 Å². The number of hydrogen-bond acceptors (Lipinski definition) is 3. The Labute approximate surface area is 148 Å². The Balaban J connectivity index is 1.87. The summed E-state index contributed by atoms with van der Waals surface area (Å²) >= 11 is 7.52. The number of anilines is 2. The molecule has 0 aliphatic carbocycles. The van der Waals surface area contributed by atoms with Crippen LogP contribution in [0.2, 0.25) is 5.02 Å². The molecule has 0 saturated carbocycles. The molecule has 24 heavy (non-hydrogen) atoms. The van der Waals surface area contributed by atoms with Crippen molar-refractivity contribution in [1.82, 2.24) is 0 Å². The van der Waals surface area contributed by atoms with E-state index < -0.39 is 0 Å². The lowest BCUT2D eigenvalue weighted by atomic mass is 10.2. The Hall–Kier alpha value is -2.05. The molecule has 0 aliphatic heterocycles. The number of hydrogen-bond donors (Lipinski definition) is 2. The van der Waals surface area contributed by atoms with Gasteiger partial charge in [0, 0.05) is 29.7 Å². The summed E-state index contributed by atoms with van der Waals surface area (Å²) in [5, 5.41) is 5.75. The summed E-state index contributed by atoms with van der Waals surface area (Å²) in [6.07, 6.45) is 0.280. The van der Waals surface area contributed by atoms with Crippen LogP contribution in [0.15, 0.2) is 47.4 Å². The second kappa shape index (κ2) is 8.70. The number of benzene rings is 2. The van der Waals surface area contributed by atoms with E-state index in [0.29, 0.717) is 22.2 Å². The van der Waals surface area contributed by atoms with Gasteiger partial charge in [0.15, 0.2) is 0 Å². The lowest BCUT2D eigenvalue weighted by molar-refractivity contribution is -0.116. The molecule has 7 heteroatoms. The molecule has 0 bridgehead atoms. The monoisotopic (exact) mass is 366 g/mol. The summed E-state index contributed by atoms with van der Waals surface area (Å²) in [6, 6.07) is 11.0. The highest BCUT2D eigenvalue weighted by molar-refractivity contribution is 7.99. The second-order valence-corrected chi connectivity index (χ2v) is 6.55. The van der Waals surface area contributed by atoms with Crippen LogP contribution in [0.5, 0.6) is 0 Å². The van der Waals surface area contributed by atoms with E-state index in [1.807, 2.05) is 0 Å². The van der Waals surface area contributed by atoms with Crippen molar-refractivity contribution in [2.75, 3.05) is 16.4 Å². The van der Waals surface area contributed by atoms with Crippen LogP contribution >= 0.6 is 23.4 Å². The lowest BCUT2D eigenvalue weighted by Gasteiger charge is -2.10. The van der Waals surface area contributed by atoms with Crippen molar-refractivity contribution in [2.45, 2.75) is 18.2 Å². The van der Waals surface area contributed by atoms with E-state index in [9.17, 15) is 14.0 Å². The molecule has 0 spiro atoms. The number of halogens is 2. The Morgan fingerprint density at radius 1 is 1.12 bits per heavy atom. The first-order valence-corrected chi connectivity index (χ1v) is 8.56. The second-order valence-electron chi connectivity index (χ2n) is 4.98. The van der Waals surface area contributed by atoms with Gasteiger partial charge in [0.1, 0.15) is 5.82 Å². The highest BCUT2D eigenvalue weighted by Crippen LogP contribution is 2.26. The van der Waals surface area contributed by atoms with Crippen LogP contribution in [0.3, 0.4) is 0 Å². The lowest BCUT2D eigenvalue weighted by Crippen LogP contribution is -2.13. The van der Waals surface area contributed by atoms with Gasteiger partial charge in [0.25, 0.3) is 0 Å². The first-order valence-electron chi connectivity index (χ1n) is 7.19. The predicted molar refractivity (Wildman–Crippen MR) is 96.1 cm³/mol. The average molecular weight is 367 g/mol. The molecular weight excluding hydrogens is 351 g/mol. The first-order chi connectivity index (χ1) is 11.4. The Kier molecular flexibility index (Phi) is 6.63. The van der Waals surface area contributed by atoms with Gasteiger partial charge in [0.2, 0.25) is 11.8 Å². The molecule has 2 amide bonds. The maximum absolute atomic E-state index is 12.8. The van der Waals surface area contributed by atoms with Crippen molar-refractivity contribution in [3.63, 3.8) is 0 Å². The van der Waals surface area contributed by atoms with Crippen molar-refractivity contribution >= 4 is 46.6 Å². The standard InChI is InChI=1S/C17H16ClFN2O2S/c1-11(22)20-13-4-7-15(18)16(10-13)21-17(23)8-9-24-14-5-2-12(19)3-6-14/h2-7,10H,8-9H2,1H3,(H,20,22)(H,21,23). The summed E-state index contributed by atoms with van der Waals surface area (Å²) < 4.78 is 12.8. The van der Waals surface area contributed by atoms with Gasteiger partial charge in [-0.05, 0) is 42.5 Å². The number of carbonyl (C=O) groups excluding carboxylic acids is 2. The zero-order chi connectivity index (χ0) is 17.5. The summed E-state index contributed by atoms with van der Waals surface area (Å²) in [5.41, 5.74) is 1.00. The molecule has 0 fully saturated rings. The van der Waals surface area contributed by atoms with Gasteiger partial charge in [0.05, 0.1) is 10.7 Å². The van der Waals surface area contributed by atoms with Gasteiger partial charge in [-0.25, -0.2) is 4.39 Å². The number of carbonyl (C=O) groups is 2. The molecule has 2 rings (SSSR count). The van der Waals surface area contributed by atoms with E-state index in [0.717, 1.165) is 4.90 Å². The minimum absolute atomic E-state index is 0.188. The summed E-state index contributed by atoms with van der Waals surface area (Å²) in [5.74, 6) is -0.122. The summed E-state index contributed by atoms with van der Waals surface area (Å²) in [4.78, 5) is 24.0. The van der Waals surface area contributed by atoms with E-state index in [1.54, 1.807) is 30.3 Å². The smallest absolute Gasteiger partial charge is 0.225 e. The maximum Gasteiger partial charge on any atom is 0.225 e. The molecule has 2 aromatic carbocycles. The number of nitrogens with one attached hydrogen (secondary N) is 2. The topological polar surface area (TPSA) is 58.2 Å². The number of thioether (sulfide) groups is 1. The summed E-state index contributed by atoms with van der Waals surface area (Å²) in [6.45, 7) is 1.40. The third-order valence-electron chi connectivity index (χ3n) is 2.97. The third-order valence-corrected chi connectivity index (χ3v) is 4.32. The third kappa shape index (κ3) is 5.86. The molecule has 0 unspecified atom stereocenters. The van der Waals surface area contributed by atoms with E-state index in [-0.39, 0.29) is 24.1 Å². The highest BCUT2D eigenvalue weighted by atomic mass is 35.5. The Bertz CT molecular complexity index is 738. The molecule has 2 aromatic rings. The van der Waals surface area contributed by atoms with Crippen molar-refractivity contribution in [1.29, 1.82) is 0 Å². The molecule has 0 atom stereocenters. The van der Waals surface area contributed by atoms with Gasteiger partial charge in [-0.15, -0.1) is 11.8 Å². The number of amides is 2. The van der Waals surface area contributed by atoms with Crippen molar-refractivity contribution in [3.8, 4) is 0 Å². The van der Waals surface area contributed by atoms with Crippen molar-refractivity contribution in [3.05, 3.63) is 53.3 Å². The molecule has 2 N–H and O–H groups in total. The quantitative estimate of drug-likeness (QED) is 0.737. The molecule has 0 aliphatic rings. The highest BCUT2D eigenvalue weighted by Gasteiger charge is 2.08. The molecular formula is C17H16ClFN2O2S. The molecule has 4 nitrogen and oxygen atoms in total. The van der Waals surface area contributed by atoms with Gasteiger partial charge in [-0.1, -0.05) is 11.6 Å². The molecule has 0 aromatic heterocycles. The fourth-order valence-electron chi connectivity index (χ4n) is 1.91. The Morgan fingerprint density at radius 2 is 1.83 bits per heavy atom. The minimum Gasteiger partial charge on any atom is -0.326 e. The SMILES string of the molecule is CC(=O)Nc1ccc(Cl)c(NC(=O)CCSc2ccc(F)cc2)c1. The van der Waals surface area contributed by atoms with Crippen LogP contribution in [0.25, 0.3) is 0 Å². The molecule has 0 saturated heterocycles. The number of rotatable bonds is 6. The maximum atomic E-state index is 12.8. The zero-order valence-electron chi connectivity index (χ0n) is 12.9. The fraction of sp³-hybridized carbons (Fsp3) is 0.176. The van der Waals surface area contributed by atoms with Crippen LogP contribution in [-0.2, 0) is 9.59 Å². The van der Waals surface area contributed by atoms with Gasteiger partial charge >= 0.3 is 0 Å². The van der Waals surface area contributed by atoms with Crippen molar-refractivity contribution < 1.29 is 14.0 Å². The first kappa shape index (κ1) is 18.3. The predicted octanol–water partition coefficient (Wildman–Crippen LogP) is 4.56. The molecule has 126 valence electrons. The summed E-state index contributed by atoms with van der Waals surface area (Å²) in [7, 11) is 0. The van der Waals surface area contributed by atoms with Crippen LogP contribution in [0, 0.1) is 5.82 Å². The average Bonchev–Trinajstić information content (AvgIpc) is 2.52.